The number of hydrogen-bond donors (Lipinski definition) is 3. The number of aryl methyl sites for hydroxylation is 1. The number of hydrazine groups is 1. The first-order valence-corrected chi connectivity index (χ1v) is 5.81. The van der Waals surface area contributed by atoms with Crippen LogP contribution in [0.4, 0.5) is 30.6 Å². The molecule has 0 atom stereocenters. The van der Waals surface area contributed by atoms with Gasteiger partial charge in [0.2, 0.25) is 5.95 Å². The third kappa shape index (κ3) is 4.49. The molecule has 1 aromatic heterocycles. The lowest BCUT2D eigenvalue weighted by molar-refractivity contribution is -0.274. The van der Waals surface area contributed by atoms with E-state index in [4.69, 9.17) is 5.84 Å². The zero-order valence-corrected chi connectivity index (χ0v) is 10.9. The number of nitrogens with zero attached hydrogens (tertiary/aromatic N) is 2. The van der Waals surface area contributed by atoms with Crippen LogP contribution in [0.25, 0.3) is 0 Å². The van der Waals surface area contributed by atoms with Crippen molar-refractivity contribution < 1.29 is 17.9 Å². The first-order valence-electron chi connectivity index (χ1n) is 5.81. The summed E-state index contributed by atoms with van der Waals surface area (Å²) < 4.78 is 39.9. The Labute approximate surface area is 118 Å². The van der Waals surface area contributed by atoms with Crippen LogP contribution in [0.2, 0.25) is 0 Å². The van der Waals surface area contributed by atoms with Gasteiger partial charge in [0.1, 0.15) is 11.6 Å². The van der Waals surface area contributed by atoms with Gasteiger partial charge in [-0.15, -0.1) is 13.2 Å². The van der Waals surface area contributed by atoms with Gasteiger partial charge >= 0.3 is 6.36 Å². The minimum atomic E-state index is -4.71. The van der Waals surface area contributed by atoms with Gasteiger partial charge in [-0.2, -0.15) is 4.98 Å². The number of aromatic nitrogens is 2. The van der Waals surface area contributed by atoms with E-state index in [2.05, 4.69) is 25.4 Å². The lowest BCUT2D eigenvalue weighted by Crippen LogP contribution is -2.17. The molecule has 0 aliphatic heterocycles. The van der Waals surface area contributed by atoms with Crippen LogP contribution in [-0.4, -0.2) is 16.3 Å². The second-order valence-corrected chi connectivity index (χ2v) is 4.06. The molecule has 0 saturated carbocycles. The van der Waals surface area contributed by atoms with Gasteiger partial charge in [0.05, 0.1) is 0 Å². The van der Waals surface area contributed by atoms with E-state index in [1.165, 1.54) is 24.3 Å². The number of anilines is 3. The highest BCUT2D eigenvalue weighted by molar-refractivity contribution is 5.58. The molecule has 0 radical (unpaired) electrons. The molecule has 1 aromatic carbocycles. The second kappa shape index (κ2) is 5.83. The average Bonchev–Trinajstić information content (AvgIpc) is 2.38. The second-order valence-electron chi connectivity index (χ2n) is 4.06. The quantitative estimate of drug-likeness (QED) is 0.594. The van der Waals surface area contributed by atoms with Crippen molar-refractivity contribution in [1.29, 1.82) is 0 Å². The number of ether oxygens (including phenoxy) is 1. The zero-order chi connectivity index (χ0) is 15.5. The Morgan fingerprint density at radius 1 is 1.14 bits per heavy atom. The van der Waals surface area contributed by atoms with E-state index in [1.54, 1.807) is 13.0 Å². The monoisotopic (exact) mass is 299 g/mol. The Balaban J connectivity index is 2.11. The molecular formula is C12H12F3N5O. The molecule has 2 aromatic rings. The van der Waals surface area contributed by atoms with Gasteiger partial charge in [-0.1, -0.05) is 0 Å². The highest BCUT2D eigenvalue weighted by atomic mass is 19.4. The smallest absolute Gasteiger partial charge is 0.406 e. The fourth-order valence-corrected chi connectivity index (χ4v) is 1.58. The van der Waals surface area contributed by atoms with Crippen molar-refractivity contribution in [2.45, 2.75) is 13.3 Å². The van der Waals surface area contributed by atoms with Crippen LogP contribution in [0.5, 0.6) is 5.75 Å². The Morgan fingerprint density at radius 3 is 2.38 bits per heavy atom. The molecule has 9 heteroatoms. The molecule has 112 valence electrons. The molecule has 0 amide bonds. The van der Waals surface area contributed by atoms with Gasteiger partial charge in [0.15, 0.2) is 0 Å². The Morgan fingerprint density at radius 2 is 1.81 bits per heavy atom. The predicted octanol–water partition coefficient (Wildman–Crippen LogP) is 2.71. The van der Waals surface area contributed by atoms with Crippen molar-refractivity contribution in [2.24, 2.45) is 5.84 Å². The normalized spacial score (nSPS) is 11.1. The van der Waals surface area contributed by atoms with Crippen molar-refractivity contribution in [3.8, 4) is 5.75 Å². The third-order valence-electron chi connectivity index (χ3n) is 2.34. The van der Waals surface area contributed by atoms with Crippen LogP contribution in [0.1, 0.15) is 5.69 Å². The predicted molar refractivity (Wildman–Crippen MR) is 71.0 cm³/mol. The van der Waals surface area contributed by atoms with E-state index in [-0.39, 0.29) is 11.7 Å². The van der Waals surface area contributed by atoms with Crippen molar-refractivity contribution in [2.75, 3.05) is 10.7 Å². The number of halogens is 3. The van der Waals surface area contributed by atoms with Crippen molar-refractivity contribution in [3.63, 3.8) is 0 Å². The molecule has 0 bridgehead atoms. The number of alkyl halides is 3. The van der Waals surface area contributed by atoms with Gasteiger partial charge in [-0.3, -0.25) is 5.43 Å². The van der Waals surface area contributed by atoms with E-state index in [1.807, 2.05) is 0 Å². The standard InChI is InChI=1S/C12H12F3N5O/c1-7-6-10(19-11(17-7)20-16)18-8-2-4-9(5-3-8)21-12(13,14)15/h2-6H,16H2,1H3,(H2,17,18,19,20). The summed E-state index contributed by atoms with van der Waals surface area (Å²) in [5, 5.41) is 2.93. The van der Waals surface area contributed by atoms with E-state index in [0.29, 0.717) is 17.2 Å². The number of benzene rings is 1. The Bertz CT molecular complexity index is 615. The number of rotatable bonds is 4. The fourth-order valence-electron chi connectivity index (χ4n) is 1.58. The first kappa shape index (κ1) is 14.9. The first-order chi connectivity index (χ1) is 9.85. The van der Waals surface area contributed by atoms with E-state index in [9.17, 15) is 13.2 Å². The van der Waals surface area contributed by atoms with Crippen LogP contribution < -0.4 is 21.3 Å². The molecule has 2 rings (SSSR count). The van der Waals surface area contributed by atoms with Crippen LogP contribution >= 0.6 is 0 Å². The highest BCUT2D eigenvalue weighted by Gasteiger charge is 2.30. The summed E-state index contributed by atoms with van der Waals surface area (Å²) in [6, 6.07) is 6.95. The fraction of sp³-hybridized carbons (Fsp3) is 0.167. The van der Waals surface area contributed by atoms with Crippen molar-refractivity contribution >= 4 is 17.5 Å². The molecule has 1 heterocycles. The summed E-state index contributed by atoms with van der Waals surface area (Å²) in [6.07, 6.45) is -4.71. The molecule has 0 unspecified atom stereocenters. The number of nitrogens with two attached hydrogens (primary N) is 1. The van der Waals surface area contributed by atoms with Crippen LogP contribution in [0, 0.1) is 6.92 Å². The third-order valence-corrected chi connectivity index (χ3v) is 2.34. The van der Waals surface area contributed by atoms with Crippen molar-refractivity contribution in [1.82, 2.24) is 9.97 Å². The molecule has 6 nitrogen and oxygen atoms in total. The van der Waals surface area contributed by atoms with Crippen LogP contribution in [-0.2, 0) is 0 Å². The molecule has 0 spiro atoms. The summed E-state index contributed by atoms with van der Waals surface area (Å²) in [5.41, 5.74) is 3.55. The number of hydrogen-bond acceptors (Lipinski definition) is 6. The van der Waals surface area contributed by atoms with E-state index in [0.717, 1.165) is 0 Å². The topological polar surface area (TPSA) is 85.1 Å². The highest BCUT2D eigenvalue weighted by Crippen LogP contribution is 2.25. The van der Waals surface area contributed by atoms with E-state index >= 15 is 0 Å². The van der Waals surface area contributed by atoms with Crippen LogP contribution in [0.15, 0.2) is 30.3 Å². The maximum absolute atomic E-state index is 12.0. The molecule has 0 fully saturated rings. The van der Waals surface area contributed by atoms with Gasteiger partial charge in [0.25, 0.3) is 0 Å². The Hall–Kier alpha value is -2.55. The molecule has 4 N–H and O–H groups in total. The summed E-state index contributed by atoms with van der Waals surface area (Å²) in [7, 11) is 0. The molecule has 0 aliphatic rings. The maximum Gasteiger partial charge on any atom is 0.573 e. The molecule has 21 heavy (non-hydrogen) atoms. The van der Waals surface area contributed by atoms with Gasteiger partial charge in [-0.05, 0) is 31.2 Å². The van der Waals surface area contributed by atoms with Gasteiger partial charge < -0.3 is 10.1 Å². The summed E-state index contributed by atoms with van der Waals surface area (Å²) >= 11 is 0. The average molecular weight is 299 g/mol. The molecule has 0 saturated heterocycles. The lowest BCUT2D eigenvalue weighted by atomic mass is 10.3. The molecule has 0 aliphatic carbocycles. The summed E-state index contributed by atoms with van der Waals surface area (Å²) in [5.74, 6) is 5.63. The van der Waals surface area contributed by atoms with Crippen LogP contribution in [0.3, 0.4) is 0 Å². The molecular weight excluding hydrogens is 287 g/mol. The summed E-state index contributed by atoms with van der Waals surface area (Å²) in [6.45, 7) is 1.76. The minimum absolute atomic E-state index is 0.231. The zero-order valence-electron chi connectivity index (χ0n) is 10.9. The van der Waals surface area contributed by atoms with Crippen molar-refractivity contribution in [3.05, 3.63) is 36.0 Å². The number of nitrogen functional groups attached to an aromatic ring is 1. The van der Waals surface area contributed by atoms with Gasteiger partial charge in [-0.25, -0.2) is 10.8 Å². The van der Waals surface area contributed by atoms with Gasteiger partial charge in [0, 0.05) is 17.4 Å². The lowest BCUT2D eigenvalue weighted by Gasteiger charge is -2.11. The van der Waals surface area contributed by atoms with E-state index < -0.39 is 6.36 Å². The SMILES string of the molecule is Cc1cc(Nc2ccc(OC(F)(F)F)cc2)nc(NN)n1. The minimum Gasteiger partial charge on any atom is -0.406 e. The maximum atomic E-state index is 12.0. The number of nitrogens with one attached hydrogen (secondary N) is 2. The summed E-state index contributed by atoms with van der Waals surface area (Å²) in [4.78, 5) is 8.08. The largest absolute Gasteiger partial charge is 0.573 e. The Kier molecular flexibility index (Phi) is 4.13.